The van der Waals surface area contributed by atoms with Crippen molar-refractivity contribution in [3.63, 3.8) is 0 Å². The van der Waals surface area contributed by atoms with Crippen LogP contribution >= 0.6 is 0 Å². The standard InChI is InChI=1S/C19H30N2O.C17H28N2.C15H23NO.C12H18O2S.C12H18OS/c1-16(2)18-5-3-17(4-6-18)15-20-9-7-19(8-10-20)21-11-13-22-14-12-21;1-14(2)16-7-5-15(6-8-16)13-19-11-9-17(10-12-19)18(3)4;1-12(2)14-5-3-13(4-6-14)11-16-9-7-15(17)8-10-16;1-10(2)12-6-4-11(5-7-12)8-9-15(3,13)14;1-10(2)12-6-4-11(5-7-12)8-9-14(3)13/h3-6,16,19H,7-15H2,1-2H3;5-8,14,17H,9-13H2,1-4H3;3-6,12,15,17H,7-11H2,1-2H3;4-7,10H,8-9H2,1-3H3;4-7,10H,8-9H2,1-3H3. The van der Waals surface area contributed by atoms with Gasteiger partial charge < -0.3 is 14.7 Å². The van der Waals surface area contributed by atoms with Crippen LogP contribution in [0.5, 0.6) is 0 Å². The molecule has 12 heteroatoms. The Hall–Kier alpha value is -4.08. The first-order chi connectivity index (χ1) is 41.4. The number of hydrogen-bond donors (Lipinski definition) is 1. The number of hydrogen-bond acceptors (Lipinski definition) is 10. The molecular weight excluding hydrogens is 1110 g/mol. The molecule has 5 aromatic rings. The number of aliphatic hydroxyl groups excluding tert-OH is 1. The molecule has 87 heavy (non-hydrogen) atoms. The van der Waals surface area contributed by atoms with E-state index >= 15 is 0 Å². The monoisotopic (exact) mass is 1230 g/mol. The SMILES string of the molecule is CC(C)c1ccc(CCS(C)(=O)=O)cc1.CC(C)c1ccc(CCS(C)=O)cc1.CC(C)c1ccc(CN2CCC(N(C)C)CC2)cc1.CC(C)c1ccc(CN2CCC(N3CCOCC3)CC2)cc1.CC(C)c1ccc(CN2CCC(O)CC2)cc1. The molecule has 1 unspecified atom stereocenters. The molecule has 9 rings (SSSR count). The van der Waals surface area contributed by atoms with Crippen molar-refractivity contribution in [3.8, 4) is 0 Å². The van der Waals surface area contributed by atoms with Crippen molar-refractivity contribution in [2.75, 3.05) is 104 Å². The van der Waals surface area contributed by atoms with Gasteiger partial charge in [0.15, 0.2) is 0 Å². The van der Waals surface area contributed by atoms with Crippen LogP contribution in [-0.2, 0) is 57.8 Å². The molecule has 4 saturated heterocycles. The van der Waals surface area contributed by atoms with Crippen LogP contribution in [0.2, 0.25) is 0 Å². The minimum atomic E-state index is -2.85. The molecule has 4 fully saturated rings. The van der Waals surface area contributed by atoms with Gasteiger partial charge >= 0.3 is 0 Å². The predicted octanol–water partition coefficient (Wildman–Crippen LogP) is 14.3. The Labute approximate surface area is 533 Å². The van der Waals surface area contributed by atoms with Crippen molar-refractivity contribution in [3.05, 3.63) is 177 Å². The van der Waals surface area contributed by atoms with Crippen LogP contribution in [0.4, 0.5) is 0 Å². The normalized spacial score (nSPS) is 17.5. The number of aryl methyl sites for hydroxylation is 2. The highest BCUT2D eigenvalue weighted by molar-refractivity contribution is 7.90. The molecule has 484 valence electrons. The summed E-state index contributed by atoms with van der Waals surface area (Å²) in [6.45, 7) is 36.4. The number of aliphatic hydroxyl groups is 1. The minimum absolute atomic E-state index is 0.0745. The highest BCUT2D eigenvalue weighted by Crippen LogP contribution is 2.24. The van der Waals surface area contributed by atoms with E-state index in [0.717, 1.165) is 102 Å². The first kappa shape index (κ1) is 73.7. The summed E-state index contributed by atoms with van der Waals surface area (Å²) in [7, 11) is 0.870. The lowest BCUT2D eigenvalue weighted by Crippen LogP contribution is -2.48. The highest BCUT2D eigenvalue weighted by atomic mass is 32.2. The third-order valence-electron chi connectivity index (χ3n) is 17.9. The van der Waals surface area contributed by atoms with E-state index in [1.54, 1.807) is 6.26 Å². The van der Waals surface area contributed by atoms with E-state index in [4.69, 9.17) is 4.74 Å². The second-order valence-electron chi connectivity index (χ2n) is 27.0. The molecule has 0 bridgehead atoms. The van der Waals surface area contributed by atoms with Gasteiger partial charge in [0.1, 0.15) is 9.84 Å². The van der Waals surface area contributed by atoms with Crippen LogP contribution in [0.25, 0.3) is 0 Å². The Bertz CT molecular complexity index is 2760. The lowest BCUT2D eigenvalue weighted by molar-refractivity contribution is 0.000230. The van der Waals surface area contributed by atoms with E-state index in [9.17, 15) is 17.7 Å². The van der Waals surface area contributed by atoms with Gasteiger partial charge in [-0.15, -0.1) is 0 Å². The van der Waals surface area contributed by atoms with Crippen molar-refractivity contribution in [1.82, 2.24) is 24.5 Å². The zero-order valence-electron chi connectivity index (χ0n) is 56.6. The Morgan fingerprint density at radius 2 is 0.770 bits per heavy atom. The lowest BCUT2D eigenvalue weighted by Gasteiger charge is -2.40. The van der Waals surface area contributed by atoms with Gasteiger partial charge in [-0.2, -0.15) is 0 Å². The number of nitrogens with zero attached hydrogens (tertiary/aromatic N) is 5. The number of ether oxygens (including phenoxy) is 1. The Kier molecular flexibility index (Phi) is 32.7. The number of rotatable bonds is 19. The third-order valence-corrected chi connectivity index (χ3v) is 19.6. The first-order valence-electron chi connectivity index (χ1n) is 33.2. The van der Waals surface area contributed by atoms with Crippen molar-refractivity contribution in [2.24, 2.45) is 0 Å². The highest BCUT2D eigenvalue weighted by Gasteiger charge is 2.26. The molecule has 1 atom stereocenters. The minimum Gasteiger partial charge on any atom is -0.393 e. The van der Waals surface area contributed by atoms with Gasteiger partial charge in [-0.3, -0.25) is 23.8 Å². The fraction of sp³-hybridized carbons (Fsp3) is 0.600. The molecule has 0 aromatic heterocycles. The third kappa shape index (κ3) is 28.7. The van der Waals surface area contributed by atoms with Gasteiger partial charge in [0.2, 0.25) is 0 Å². The fourth-order valence-electron chi connectivity index (χ4n) is 11.6. The summed E-state index contributed by atoms with van der Waals surface area (Å²) in [6, 6.07) is 45.7. The van der Waals surface area contributed by atoms with Crippen LogP contribution in [0.3, 0.4) is 0 Å². The predicted molar refractivity (Wildman–Crippen MR) is 372 cm³/mol. The van der Waals surface area contributed by atoms with Crippen molar-refractivity contribution >= 4 is 20.6 Å². The van der Waals surface area contributed by atoms with Crippen LogP contribution in [0, 0.1) is 0 Å². The molecule has 4 heterocycles. The topological polar surface area (TPSA) is 96.9 Å². The van der Waals surface area contributed by atoms with Gasteiger partial charge in [-0.1, -0.05) is 191 Å². The Morgan fingerprint density at radius 1 is 0.471 bits per heavy atom. The molecule has 0 spiro atoms. The summed E-state index contributed by atoms with van der Waals surface area (Å²) < 4.78 is 38.3. The average molecular weight is 1230 g/mol. The van der Waals surface area contributed by atoms with E-state index in [2.05, 4.69) is 217 Å². The summed E-state index contributed by atoms with van der Waals surface area (Å²) in [5.41, 5.74) is 13.6. The quantitative estimate of drug-likeness (QED) is 0.0861. The zero-order valence-corrected chi connectivity index (χ0v) is 58.2. The molecule has 0 aliphatic carbocycles. The summed E-state index contributed by atoms with van der Waals surface area (Å²) in [4.78, 5) is 12.6. The van der Waals surface area contributed by atoms with Gasteiger partial charge in [0, 0.05) is 87.0 Å². The maximum atomic E-state index is 11.0. The molecule has 0 saturated carbocycles. The van der Waals surface area contributed by atoms with E-state index in [1.807, 2.05) is 12.1 Å². The van der Waals surface area contributed by atoms with Crippen LogP contribution in [-0.4, -0.2) is 164 Å². The van der Waals surface area contributed by atoms with E-state index in [1.165, 1.54) is 108 Å². The summed E-state index contributed by atoms with van der Waals surface area (Å²) in [6.07, 6.45) is 11.5. The Morgan fingerprint density at radius 3 is 1.07 bits per heavy atom. The Balaban J connectivity index is 0.000000200. The van der Waals surface area contributed by atoms with Gasteiger partial charge in [0.05, 0.1) is 25.1 Å². The molecular formula is C75H117N5O5S2. The van der Waals surface area contributed by atoms with Crippen molar-refractivity contribution in [2.45, 2.75) is 188 Å². The number of piperidine rings is 3. The summed E-state index contributed by atoms with van der Waals surface area (Å²) in [5, 5.41) is 9.46. The number of sulfone groups is 1. The van der Waals surface area contributed by atoms with Crippen LogP contribution in [0.1, 0.15) is 193 Å². The maximum absolute atomic E-state index is 11.0. The van der Waals surface area contributed by atoms with Crippen LogP contribution < -0.4 is 0 Å². The largest absolute Gasteiger partial charge is 0.393 e. The van der Waals surface area contributed by atoms with Crippen LogP contribution in [0.15, 0.2) is 121 Å². The smallest absolute Gasteiger partial charge is 0.147 e. The average Bonchev–Trinajstić information content (AvgIpc) is 3.67. The number of benzene rings is 5. The van der Waals surface area contributed by atoms with Crippen molar-refractivity contribution in [1.29, 1.82) is 0 Å². The number of morpholine rings is 1. The second kappa shape index (κ2) is 38.6. The summed E-state index contributed by atoms with van der Waals surface area (Å²) >= 11 is 0. The summed E-state index contributed by atoms with van der Waals surface area (Å²) in [5.74, 6) is 3.96. The van der Waals surface area contributed by atoms with E-state index in [0.29, 0.717) is 36.0 Å². The van der Waals surface area contributed by atoms with Crippen molar-refractivity contribution < 1.29 is 22.5 Å². The molecule has 10 nitrogen and oxygen atoms in total. The zero-order chi connectivity index (χ0) is 63.5. The molecule has 4 aliphatic heterocycles. The van der Waals surface area contributed by atoms with Gasteiger partial charge in [-0.05, 0) is 177 Å². The van der Waals surface area contributed by atoms with E-state index < -0.39 is 20.6 Å². The van der Waals surface area contributed by atoms with Gasteiger partial charge in [0.25, 0.3) is 0 Å². The molecule has 0 amide bonds. The molecule has 1 N–H and O–H groups in total. The van der Waals surface area contributed by atoms with Gasteiger partial charge in [-0.25, -0.2) is 8.42 Å². The first-order valence-corrected chi connectivity index (χ1v) is 36.9. The second-order valence-corrected chi connectivity index (χ2v) is 30.8. The molecule has 5 aromatic carbocycles. The molecule has 0 radical (unpaired) electrons. The fourth-order valence-corrected chi connectivity index (χ4v) is 12.7. The lowest BCUT2D eigenvalue weighted by atomic mass is 10.00. The number of likely N-dealkylation sites (tertiary alicyclic amines) is 3. The van der Waals surface area contributed by atoms with E-state index in [-0.39, 0.29) is 11.9 Å². The molecule has 4 aliphatic rings. The maximum Gasteiger partial charge on any atom is 0.147 e.